The molecule has 0 radical (unpaired) electrons. The van der Waals surface area contributed by atoms with Crippen LogP contribution in [0.4, 0.5) is 4.79 Å². The summed E-state index contributed by atoms with van der Waals surface area (Å²) in [7, 11) is 0. The van der Waals surface area contributed by atoms with E-state index in [1.807, 2.05) is 38.1 Å². The van der Waals surface area contributed by atoms with Crippen molar-refractivity contribution in [3.05, 3.63) is 42.5 Å². The fraction of sp³-hybridized carbons (Fsp3) is 0.353. The van der Waals surface area contributed by atoms with Crippen molar-refractivity contribution in [2.45, 2.75) is 26.3 Å². The molecule has 0 atom stereocenters. The predicted molar refractivity (Wildman–Crippen MR) is 85.5 cm³/mol. The van der Waals surface area contributed by atoms with Gasteiger partial charge in [-0.05, 0) is 31.7 Å². The Hall–Kier alpha value is -2.23. The van der Waals surface area contributed by atoms with E-state index in [2.05, 4.69) is 18.2 Å². The van der Waals surface area contributed by atoms with Crippen LogP contribution in [0.5, 0.6) is 5.75 Å². The number of carbonyl (C=O) groups excluding carboxylic acids is 1. The van der Waals surface area contributed by atoms with E-state index in [0.29, 0.717) is 13.2 Å². The quantitative estimate of drug-likeness (QED) is 0.827. The first-order valence-corrected chi connectivity index (χ1v) is 7.26. The lowest BCUT2D eigenvalue weighted by atomic mass is 10.1. The van der Waals surface area contributed by atoms with Crippen LogP contribution in [0, 0.1) is 0 Å². The molecule has 2 N–H and O–H groups in total. The summed E-state index contributed by atoms with van der Waals surface area (Å²) < 4.78 is 5.85. The lowest BCUT2D eigenvalue weighted by Crippen LogP contribution is -2.41. The zero-order valence-electron chi connectivity index (χ0n) is 12.6. The summed E-state index contributed by atoms with van der Waals surface area (Å²) in [6.45, 7) is 5.08. The van der Waals surface area contributed by atoms with Crippen LogP contribution in [0.1, 0.15) is 20.3 Å². The Labute approximate surface area is 125 Å². The van der Waals surface area contributed by atoms with Crippen LogP contribution in [-0.2, 0) is 0 Å². The third-order valence-corrected chi connectivity index (χ3v) is 3.46. The van der Waals surface area contributed by atoms with E-state index >= 15 is 0 Å². The molecule has 0 saturated carbocycles. The van der Waals surface area contributed by atoms with Crippen LogP contribution < -0.4 is 10.5 Å². The molecule has 0 saturated heterocycles. The minimum Gasteiger partial charge on any atom is -0.493 e. The molecule has 0 aliphatic heterocycles. The summed E-state index contributed by atoms with van der Waals surface area (Å²) in [5, 5.41) is 2.27. The molecule has 2 amide bonds. The Balaban J connectivity index is 1.92. The van der Waals surface area contributed by atoms with Crippen molar-refractivity contribution in [3.63, 3.8) is 0 Å². The molecule has 0 heterocycles. The van der Waals surface area contributed by atoms with Crippen LogP contribution >= 0.6 is 0 Å². The molecule has 0 aromatic heterocycles. The first-order chi connectivity index (χ1) is 10.1. The Bertz CT molecular complexity index is 605. The Morgan fingerprint density at radius 2 is 1.90 bits per heavy atom. The lowest BCUT2D eigenvalue weighted by molar-refractivity contribution is 0.185. The number of nitrogens with zero attached hydrogens (tertiary/aromatic N) is 1. The number of hydrogen-bond donors (Lipinski definition) is 1. The second-order valence-electron chi connectivity index (χ2n) is 5.30. The van der Waals surface area contributed by atoms with Crippen LogP contribution in [0.15, 0.2) is 42.5 Å². The average molecular weight is 286 g/mol. The van der Waals surface area contributed by atoms with Crippen molar-refractivity contribution >= 4 is 16.8 Å². The third kappa shape index (κ3) is 3.88. The number of hydrogen-bond acceptors (Lipinski definition) is 2. The van der Waals surface area contributed by atoms with Gasteiger partial charge >= 0.3 is 6.03 Å². The van der Waals surface area contributed by atoms with Crippen LogP contribution in [0.2, 0.25) is 0 Å². The molecular formula is C17H22N2O2. The van der Waals surface area contributed by atoms with Gasteiger partial charge in [-0.1, -0.05) is 36.4 Å². The molecule has 2 rings (SSSR count). The highest BCUT2D eigenvalue weighted by Crippen LogP contribution is 2.25. The highest BCUT2D eigenvalue weighted by molar-refractivity contribution is 5.88. The fourth-order valence-corrected chi connectivity index (χ4v) is 2.36. The Morgan fingerprint density at radius 3 is 2.62 bits per heavy atom. The van der Waals surface area contributed by atoms with Gasteiger partial charge in [-0.15, -0.1) is 0 Å². The van der Waals surface area contributed by atoms with Crippen molar-refractivity contribution < 1.29 is 9.53 Å². The zero-order chi connectivity index (χ0) is 15.2. The monoisotopic (exact) mass is 286 g/mol. The number of carbonyl (C=O) groups is 1. The van der Waals surface area contributed by atoms with Gasteiger partial charge in [-0.25, -0.2) is 4.79 Å². The highest BCUT2D eigenvalue weighted by atomic mass is 16.5. The molecule has 0 spiro atoms. The van der Waals surface area contributed by atoms with Gasteiger partial charge in [0, 0.05) is 18.0 Å². The molecule has 0 bridgehead atoms. The molecule has 0 aliphatic rings. The highest BCUT2D eigenvalue weighted by Gasteiger charge is 2.12. The number of urea groups is 1. The molecule has 2 aromatic carbocycles. The molecule has 2 aromatic rings. The second-order valence-corrected chi connectivity index (χ2v) is 5.30. The van der Waals surface area contributed by atoms with Gasteiger partial charge in [0.15, 0.2) is 0 Å². The maximum atomic E-state index is 11.3. The summed E-state index contributed by atoms with van der Waals surface area (Å²) >= 11 is 0. The van der Waals surface area contributed by atoms with Crippen molar-refractivity contribution in [2.24, 2.45) is 5.73 Å². The number of benzene rings is 2. The summed E-state index contributed by atoms with van der Waals surface area (Å²) in [5.41, 5.74) is 5.35. The SMILES string of the molecule is CC(C)N(CCCOc1cccc2ccccc12)C(N)=O. The molecular weight excluding hydrogens is 264 g/mol. The molecule has 4 heteroatoms. The number of ether oxygens (including phenoxy) is 1. The first-order valence-electron chi connectivity index (χ1n) is 7.26. The van der Waals surface area contributed by atoms with Gasteiger partial charge in [0.05, 0.1) is 6.61 Å². The van der Waals surface area contributed by atoms with E-state index in [1.165, 1.54) is 0 Å². The smallest absolute Gasteiger partial charge is 0.315 e. The standard InChI is InChI=1S/C17H22N2O2/c1-13(2)19(17(18)20)11-6-12-21-16-10-5-8-14-7-3-4-9-15(14)16/h3-5,7-10,13H,6,11-12H2,1-2H3,(H2,18,20). The van der Waals surface area contributed by atoms with E-state index in [9.17, 15) is 4.79 Å². The number of primary amides is 1. The van der Waals surface area contributed by atoms with Gasteiger partial charge in [-0.2, -0.15) is 0 Å². The molecule has 0 fully saturated rings. The van der Waals surface area contributed by atoms with Crippen LogP contribution in [-0.4, -0.2) is 30.1 Å². The maximum Gasteiger partial charge on any atom is 0.315 e. The Kier molecular flexibility index (Phi) is 5.04. The van der Waals surface area contributed by atoms with E-state index in [-0.39, 0.29) is 12.1 Å². The normalized spacial score (nSPS) is 10.8. The van der Waals surface area contributed by atoms with Crippen molar-refractivity contribution in [1.29, 1.82) is 0 Å². The topological polar surface area (TPSA) is 55.6 Å². The minimum absolute atomic E-state index is 0.111. The zero-order valence-corrected chi connectivity index (χ0v) is 12.6. The van der Waals surface area contributed by atoms with Gasteiger partial charge in [0.1, 0.15) is 5.75 Å². The van der Waals surface area contributed by atoms with E-state index in [1.54, 1.807) is 4.90 Å². The molecule has 21 heavy (non-hydrogen) atoms. The maximum absolute atomic E-state index is 11.3. The van der Waals surface area contributed by atoms with Crippen LogP contribution in [0.3, 0.4) is 0 Å². The average Bonchev–Trinajstić information content (AvgIpc) is 2.46. The van der Waals surface area contributed by atoms with Gasteiger partial charge < -0.3 is 15.4 Å². The number of amides is 2. The number of nitrogens with two attached hydrogens (primary N) is 1. The summed E-state index contributed by atoms with van der Waals surface area (Å²) in [6.07, 6.45) is 0.754. The van der Waals surface area contributed by atoms with Gasteiger partial charge in [-0.3, -0.25) is 0 Å². The summed E-state index contributed by atoms with van der Waals surface area (Å²) in [6, 6.07) is 13.9. The van der Waals surface area contributed by atoms with E-state index in [0.717, 1.165) is 22.9 Å². The lowest BCUT2D eigenvalue weighted by Gasteiger charge is -2.24. The third-order valence-electron chi connectivity index (χ3n) is 3.46. The second kappa shape index (κ2) is 6.97. The van der Waals surface area contributed by atoms with Gasteiger partial charge in [0.2, 0.25) is 0 Å². The first kappa shape index (κ1) is 15.2. The van der Waals surface area contributed by atoms with Crippen molar-refractivity contribution in [1.82, 2.24) is 4.90 Å². The molecule has 0 aliphatic carbocycles. The largest absolute Gasteiger partial charge is 0.493 e. The van der Waals surface area contributed by atoms with E-state index in [4.69, 9.17) is 10.5 Å². The molecule has 0 unspecified atom stereocenters. The Morgan fingerprint density at radius 1 is 1.19 bits per heavy atom. The van der Waals surface area contributed by atoms with Crippen LogP contribution in [0.25, 0.3) is 10.8 Å². The molecule has 112 valence electrons. The predicted octanol–water partition coefficient (Wildman–Crippen LogP) is 3.40. The number of rotatable bonds is 6. The van der Waals surface area contributed by atoms with Crippen molar-refractivity contribution in [3.8, 4) is 5.75 Å². The van der Waals surface area contributed by atoms with Crippen molar-refractivity contribution in [2.75, 3.05) is 13.2 Å². The number of fused-ring (bicyclic) bond motifs is 1. The fourth-order valence-electron chi connectivity index (χ4n) is 2.36. The van der Waals surface area contributed by atoms with Gasteiger partial charge in [0.25, 0.3) is 0 Å². The summed E-state index contributed by atoms with van der Waals surface area (Å²) in [5.74, 6) is 0.878. The molecule has 4 nitrogen and oxygen atoms in total. The minimum atomic E-state index is -0.379. The summed E-state index contributed by atoms with van der Waals surface area (Å²) in [4.78, 5) is 12.9. The van der Waals surface area contributed by atoms with E-state index < -0.39 is 0 Å².